The molecule has 0 atom stereocenters. The van der Waals surface area contributed by atoms with Gasteiger partial charge in [0, 0.05) is 12.4 Å². The van der Waals surface area contributed by atoms with Crippen LogP contribution in [0.3, 0.4) is 0 Å². The van der Waals surface area contributed by atoms with Gasteiger partial charge in [0.25, 0.3) is 0 Å². The standard InChI is InChI=1S/C10H9N5/c1-7-13-14-10-12-9(6-15(7)10)8-4-2-3-5-11-8/h2-6H,1H3,(H,12,14). The molecule has 0 aliphatic carbocycles. The van der Waals surface area contributed by atoms with Crippen molar-refractivity contribution in [1.29, 1.82) is 0 Å². The molecule has 5 heteroatoms. The van der Waals surface area contributed by atoms with E-state index in [9.17, 15) is 0 Å². The molecule has 0 aromatic carbocycles. The molecular weight excluding hydrogens is 190 g/mol. The summed E-state index contributed by atoms with van der Waals surface area (Å²) in [5, 5.41) is 6.90. The van der Waals surface area contributed by atoms with Gasteiger partial charge in [-0.25, -0.2) is 10.1 Å². The van der Waals surface area contributed by atoms with Gasteiger partial charge in [0.2, 0.25) is 5.78 Å². The van der Waals surface area contributed by atoms with Crippen LogP contribution in [0.1, 0.15) is 5.82 Å². The Bertz CT molecular complexity index is 593. The second-order valence-electron chi connectivity index (χ2n) is 3.31. The number of aromatic nitrogens is 5. The van der Waals surface area contributed by atoms with Crippen molar-refractivity contribution in [3.8, 4) is 11.4 Å². The number of nitrogens with zero attached hydrogens (tertiary/aromatic N) is 4. The van der Waals surface area contributed by atoms with Crippen molar-refractivity contribution in [3.05, 3.63) is 36.4 Å². The van der Waals surface area contributed by atoms with Crippen LogP contribution in [0.25, 0.3) is 17.2 Å². The average Bonchev–Trinajstić information content (AvgIpc) is 2.83. The molecule has 3 aromatic heterocycles. The topological polar surface area (TPSA) is 58.9 Å². The van der Waals surface area contributed by atoms with Gasteiger partial charge < -0.3 is 0 Å². The lowest BCUT2D eigenvalue weighted by Crippen LogP contribution is -1.83. The second-order valence-corrected chi connectivity index (χ2v) is 3.31. The van der Waals surface area contributed by atoms with E-state index >= 15 is 0 Å². The summed E-state index contributed by atoms with van der Waals surface area (Å²) in [6, 6.07) is 5.77. The van der Waals surface area contributed by atoms with Crippen molar-refractivity contribution >= 4 is 5.78 Å². The highest BCUT2D eigenvalue weighted by Crippen LogP contribution is 2.15. The Morgan fingerprint density at radius 2 is 2.20 bits per heavy atom. The zero-order valence-corrected chi connectivity index (χ0v) is 8.18. The smallest absolute Gasteiger partial charge is 0.230 e. The van der Waals surface area contributed by atoms with Crippen LogP contribution in [0.2, 0.25) is 0 Å². The van der Waals surface area contributed by atoms with Crippen molar-refractivity contribution in [2.24, 2.45) is 0 Å². The van der Waals surface area contributed by atoms with Crippen molar-refractivity contribution in [2.45, 2.75) is 6.92 Å². The number of H-pyrrole nitrogens is 1. The lowest BCUT2D eigenvalue weighted by Gasteiger charge is -1.92. The van der Waals surface area contributed by atoms with E-state index in [-0.39, 0.29) is 0 Å². The molecule has 0 saturated heterocycles. The summed E-state index contributed by atoms with van der Waals surface area (Å²) in [6.07, 6.45) is 3.69. The number of aryl methyl sites for hydroxylation is 1. The Kier molecular flexibility index (Phi) is 1.58. The molecule has 3 rings (SSSR count). The van der Waals surface area contributed by atoms with Crippen LogP contribution in [0.5, 0.6) is 0 Å². The molecule has 3 aromatic rings. The van der Waals surface area contributed by atoms with Crippen LogP contribution in [0.4, 0.5) is 0 Å². The van der Waals surface area contributed by atoms with Gasteiger partial charge in [0.05, 0.1) is 5.69 Å². The minimum atomic E-state index is 0.744. The number of hydrogen-bond donors (Lipinski definition) is 1. The second kappa shape index (κ2) is 2.91. The summed E-state index contributed by atoms with van der Waals surface area (Å²) in [4.78, 5) is 8.63. The Hall–Kier alpha value is -2.17. The van der Waals surface area contributed by atoms with E-state index in [0.717, 1.165) is 23.0 Å². The lowest BCUT2D eigenvalue weighted by atomic mass is 10.3. The molecule has 0 aliphatic heterocycles. The summed E-state index contributed by atoms with van der Waals surface area (Å²) in [7, 11) is 0. The maximum absolute atomic E-state index is 4.39. The normalized spacial score (nSPS) is 11.0. The quantitative estimate of drug-likeness (QED) is 0.645. The third-order valence-corrected chi connectivity index (χ3v) is 2.30. The van der Waals surface area contributed by atoms with Gasteiger partial charge in [0.1, 0.15) is 11.5 Å². The fourth-order valence-electron chi connectivity index (χ4n) is 1.53. The molecule has 3 heterocycles. The summed E-state index contributed by atoms with van der Waals surface area (Å²) in [5.74, 6) is 1.63. The van der Waals surface area contributed by atoms with Crippen LogP contribution >= 0.6 is 0 Å². The molecule has 0 amide bonds. The molecular formula is C10H9N5. The van der Waals surface area contributed by atoms with Crippen LogP contribution in [0.15, 0.2) is 30.6 Å². The molecule has 0 spiro atoms. The van der Waals surface area contributed by atoms with Gasteiger partial charge in [-0.2, -0.15) is 5.10 Å². The van der Waals surface area contributed by atoms with E-state index in [1.54, 1.807) is 6.20 Å². The number of nitrogens with one attached hydrogen (secondary N) is 1. The van der Waals surface area contributed by atoms with Crippen LogP contribution in [0, 0.1) is 6.92 Å². The van der Waals surface area contributed by atoms with Crippen molar-refractivity contribution in [3.63, 3.8) is 0 Å². The first-order valence-corrected chi connectivity index (χ1v) is 4.66. The molecule has 0 fully saturated rings. The highest BCUT2D eigenvalue weighted by Gasteiger charge is 2.07. The molecule has 0 unspecified atom stereocenters. The maximum Gasteiger partial charge on any atom is 0.230 e. The van der Waals surface area contributed by atoms with E-state index in [0.29, 0.717) is 0 Å². The fourth-order valence-corrected chi connectivity index (χ4v) is 1.53. The van der Waals surface area contributed by atoms with Gasteiger partial charge in [-0.15, -0.1) is 0 Å². The first-order chi connectivity index (χ1) is 7.34. The number of fused-ring (bicyclic) bond motifs is 1. The third kappa shape index (κ3) is 1.20. The number of hydrogen-bond acceptors (Lipinski definition) is 3. The van der Waals surface area contributed by atoms with E-state index in [1.165, 1.54) is 0 Å². The zero-order chi connectivity index (χ0) is 10.3. The highest BCUT2D eigenvalue weighted by atomic mass is 15.3. The van der Waals surface area contributed by atoms with E-state index in [1.807, 2.05) is 35.7 Å². The number of rotatable bonds is 1. The van der Waals surface area contributed by atoms with Crippen molar-refractivity contribution in [2.75, 3.05) is 0 Å². The molecule has 74 valence electrons. The van der Waals surface area contributed by atoms with Crippen molar-refractivity contribution in [1.82, 2.24) is 24.6 Å². The van der Waals surface area contributed by atoms with Gasteiger partial charge >= 0.3 is 0 Å². The third-order valence-electron chi connectivity index (χ3n) is 2.30. The van der Waals surface area contributed by atoms with Gasteiger partial charge in [-0.3, -0.25) is 9.38 Å². The van der Waals surface area contributed by atoms with Gasteiger partial charge in [0.15, 0.2) is 0 Å². The Balaban J connectivity index is 2.20. The molecule has 0 radical (unpaired) electrons. The van der Waals surface area contributed by atoms with E-state index in [2.05, 4.69) is 20.2 Å². The van der Waals surface area contributed by atoms with Gasteiger partial charge in [-0.1, -0.05) is 6.07 Å². The van der Waals surface area contributed by atoms with Crippen LogP contribution in [-0.4, -0.2) is 24.6 Å². The first-order valence-electron chi connectivity index (χ1n) is 4.66. The van der Waals surface area contributed by atoms with Crippen LogP contribution < -0.4 is 0 Å². The molecule has 1 N–H and O–H groups in total. The fraction of sp³-hybridized carbons (Fsp3) is 0.100. The minimum Gasteiger partial charge on any atom is -0.270 e. The molecule has 5 nitrogen and oxygen atoms in total. The largest absolute Gasteiger partial charge is 0.270 e. The Morgan fingerprint density at radius 3 is 2.93 bits per heavy atom. The predicted molar refractivity (Wildman–Crippen MR) is 55.3 cm³/mol. The molecule has 0 bridgehead atoms. The lowest BCUT2D eigenvalue weighted by molar-refractivity contribution is 1.01. The monoisotopic (exact) mass is 199 g/mol. The summed E-state index contributed by atoms with van der Waals surface area (Å²) >= 11 is 0. The SMILES string of the molecule is Cc1n[nH]c2nc(-c3ccccn3)cn12. The van der Waals surface area contributed by atoms with Gasteiger partial charge in [-0.05, 0) is 19.1 Å². The molecule has 15 heavy (non-hydrogen) atoms. The van der Waals surface area contributed by atoms with Crippen molar-refractivity contribution < 1.29 is 0 Å². The summed E-state index contributed by atoms with van der Waals surface area (Å²) in [6.45, 7) is 1.92. The average molecular weight is 199 g/mol. The number of pyridine rings is 1. The maximum atomic E-state index is 4.39. The summed E-state index contributed by atoms with van der Waals surface area (Å²) < 4.78 is 1.91. The van der Waals surface area contributed by atoms with Crippen LogP contribution in [-0.2, 0) is 0 Å². The Morgan fingerprint density at radius 1 is 1.27 bits per heavy atom. The number of imidazole rings is 1. The Labute approximate surface area is 85.8 Å². The predicted octanol–water partition coefficient (Wildman–Crippen LogP) is 1.43. The number of aromatic amines is 1. The highest BCUT2D eigenvalue weighted by molar-refractivity contribution is 5.56. The first kappa shape index (κ1) is 8.16. The summed E-state index contributed by atoms with van der Waals surface area (Å²) in [5.41, 5.74) is 1.72. The molecule has 0 saturated carbocycles. The van der Waals surface area contributed by atoms with E-state index in [4.69, 9.17) is 0 Å². The molecule has 0 aliphatic rings. The minimum absolute atomic E-state index is 0.744. The van der Waals surface area contributed by atoms with E-state index < -0.39 is 0 Å². The zero-order valence-electron chi connectivity index (χ0n) is 8.18.